The Kier molecular flexibility index (Phi) is 6.04. The summed E-state index contributed by atoms with van der Waals surface area (Å²) in [7, 11) is 1.92. The van der Waals surface area contributed by atoms with Crippen LogP contribution in [0.5, 0.6) is 0 Å². The van der Waals surface area contributed by atoms with Gasteiger partial charge in [-0.05, 0) is 32.0 Å². The van der Waals surface area contributed by atoms with Crippen LogP contribution in [-0.2, 0) is 13.1 Å². The molecule has 7 heteroatoms. The topological polar surface area (TPSA) is 85.8 Å². The van der Waals surface area contributed by atoms with Crippen molar-refractivity contribution in [2.24, 2.45) is 0 Å². The fourth-order valence-corrected chi connectivity index (χ4v) is 3.44. The molecule has 1 aromatic carbocycles. The third-order valence-electron chi connectivity index (χ3n) is 5.07. The summed E-state index contributed by atoms with van der Waals surface area (Å²) >= 11 is 0. The second-order valence-corrected chi connectivity index (χ2v) is 7.44. The van der Waals surface area contributed by atoms with Crippen molar-refractivity contribution in [3.8, 4) is 34.0 Å². The maximum Gasteiger partial charge on any atom is 0.250 e. The van der Waals surface area contributed by atoms with Crippen molar-refractivity contribution in [2.75, 3.05) is 7.05 Å². The minimum Gasteiger partial charge on any atom is -0.354 e. The van der Waals surface area contributed by atoms with Crippen molar-refractivity contribution in [3.63, 3.8) is 0 Å². The van der Waals surface area contributed by atoms with Gasteiger partial charge in [0, 0.05) is 42.5 Å². The van der Waals surface area contributed by atoms with Crippen LogP contribution in [0.25, 0.3) is 34.0 Å². The summed E-state index contributed by atoms with van der Waals surface area (Å²) in [6.07, 6.45) is 4.42. The lowest BCUT2D eigenvalue weighted by Crippen LogP contribution is -2.18. The summed E-state index contributed by atoms with van der Waals surface area (Å²) in [5.41, 5.74) is 5.80. The molecule has 0 amide bonds. The molecule has 0 radical (unpaired) electrons. The first-order valence-corrected chi connectivity index (χ1v) is 10.3. The smallest absolute Gasteiger partial charge is 0.250 e. The molecule has 1 N–H and O–H groups in total. The molecule has 4 rings (SSSR count). The van der Waals surface area contributed by atoms with Crippen molar-refractivity contribution in [1.82, 2.24) is 25.0 Å². The minimum absolute atomic E-state index is 0.0218. The summed E-state index contributed by atoms with van der Waals surface area (Å²) < 4.78 is 7.31. The van der Waals surface area contributed by atoms with Crippen molar-refractivity contribution < 1.29 is 4.52 Å². The van der Waals surface area contributed by atoms with Gasteiger partial charge in [-0.3, -0.25) is 9.78 Å². The van der Waals surface area contributed by atoms with Gasteiger partial charge >= 0.3 is 0 Å². The Labute approximate surface area is 180 Å². The predicted molar refractivity (Wildman–Crippen MR) is 120 cm³/mol. The third kappa shape index (κ3) is 4.46. The zero-order valence-electron chi connectivity index (χ0n) is 17.9. The Morgan fingerprint density at radius 3 is 2.58 bits per heavy atom. The molecule has 3 aromatic heterocycles. The van der Waals surface area contributed by atoms with Crippen LogP contribution < -0.4 is 10.9 Å². The van der Waals surface area contributed by atoms with Gasteiger partial charge in [-0.1, -0.05) is 36.3 Å². The molecule has 0 unspecified atom stereocenters. The summed E-state index contributed by atoms with van der Waals surface area (Å²) in [5, 5.41) is 7.37. The molecule has 0 saturated carbocycles. The van der Waals surface area contributed by atoms with Crippen molar-refractivity contribution in [1.29, 1.82) is 0 Å². The van der Waals surface area contributed by atoms with E-state index in [1.807, 2.05) is 45.3 Å². The molecule has 0 fully saturated rings. The number of nitrogens with zero attached hydrogens (tertiary/aromatic N) is 4. The highest BCUT2D eigenvalue weighted by atomic mass is 16.5. The molecule has 7 nitrogen and oxygen atoms in total. The zero-order valence-corrected chi connectivity index (χ0v) is 17.9. The Bertz CT molecular complexity index is 1240. The highest BCUT2D eigenvalue weighted by Gasteiger charge is 2.15. The second-order valence-electron chi connectivity index (χ2n) is 7.44. The monoisotopic (exact) mass is 415 g/mol. The van der Waals surface area contributed by atoms with Crippen molar-refractivity contribution in [2.45, 2.75) is 33.4 Å². The highest BCUT2D eigenvalue weighted by Crippen LogP contribution is 2.28. The van der Waals surface area contributed by atoms with Gasteiger partial charge in [0.05, 0.1) is 17.6 Å². The van der Waals surface area contributed by atoms with E-state index in [0.717, 1.165) is 35.5 Å². The molecule has 0 aliphatic rings. The van der Waals surface area contributed by atoms with E-state index < -0.39 is 0 Å². The molecule has 0 aliphatic carbocycles. The van der Waals surface area contributed by atoms with Gasteiger partial charge < -0.3 is 14.4 Å². The third-order valence-corrected chi connectivity index (χ3v) is 5.07. The SMILES string of the molecule is CCCn1cc(-c2cnc(C)c(-c3cc(-c4ccc(CNC)cc4)no3)n2)ccc1=O. The highest BCUT2D eigenvalue weighted by molar-refractivity contribution is 5.68. The fourth-order valence-electron chi connectivity index (χ4n) is 3.44. The number of pyridine rings is 1. The summed E-state index contributed by atoms with van der Waals surface area (Å²) in [4.78, 5) is 21.3. The van der Waals surface area contributed by atoms with Crippen LogP contribution in [0.1, 0.15) is 24.6 Å². The van der Waals surface area contributed by atoms with E-state index in [2.05, 4.69) is 27.6 Å². The van der Waals surface area contributed by atoms with E-state index in [9.17, 15) is 4.79 Å². The van der Waals surface area contributed by atoms with E-state index in [4.69, 9.17) is 9.51 Å². The normalized spacial score (nSPS) is 11.1. The van der Waals surface area contributed by atoms with E-state index in [0.29, 0.717) is 23.7 Å². The van der Waals surface area contributed by atoms with E-state index in [1.165, 1.54) is 5.56 Å². The number of hydrogen-bond acceptors (Lipinski definition) is 6. The van der Waals surface area contributed by atoms with Gasteiger partial charge in [0.25, 0.3) is 5.56 Å². The average molecular weight is 415 g/mol. The molecule has 158 valence electrons. The number of aromatic nitrogens is 4. The average Bonchev–Trinajstić information content (AvgIpc) is 3.27. The van der Waals surface area contributed by atoms with Crippen LogP contribution >= 0.6 is 0 Å². The van der Waals surface area contributed by atoms with Gasteiger partial charge in [0.2, 0.25) is 0 Å². The quantitative estimate of drug-likeness (QED) is 0.490. The minimum atomic E-state index is -0.0218. The van der Waals surface area contributed by atoms with Crippen LogP contribution in [0.15, 0.2) is 64.2 Å². The molecular weight excluding hydrogens is 390 g/mol. The summed E-state index contributed by atoms with van der Waals surface area (Å²) in [5.74, 6) is 0.558. The number of hydrogen-bond donors (Lipinski definition) is 1. The van der Waals surface area contributed by atoms with Gasteiger partial charge in [-0.15, -0.1) is 0 Å². The molecule has 0 aliphatic heterocycles. The van der Waals surface area contributed by atoms with Crippen molar-refractivity contribution >= 4 is 0 Å². The standard InChI is InChI=1S/C24H25N5O2/c1-4-11-29-15-19(9-10-23(29)30)21-14-26-16(2)24(27-21)22-12-20(28-31-22)18-7-5-17(6-8-18)13-25-3/h5-10,12,14-15,25H,4,11,13H2,1-3H3. The maximum atomic E-state index is 12.0. The van der Waals surface area contributed by atoms with Crippen molar-refractivity contribution in [3.05, 3.63) is 76.5 Å². The number of aryl methyl sites for hydroxylation is 2. The lowest BCUT2D eigenvalue weighted by atomic mass is 10.1. The molecule has 0 atom stereocenters. The van der Waals surface area contributed by atoms with Crippen LogP contribution in [0.3, 0.4) is 0 Å². The van der Waals surface area contributed by atoms with E-state index in [-0.39, 0.29) is 5.56 Å². The van der Waals surface area contributed by atoms with E-state index in [1.54, 1.807) is 22.9 Å². The summed E-state index contributed by atoms with van der Waals surface area (Å²) in [6, 6.07) is 13.4. The van der Waals surface area contributed by atoms with Crippen LogP contribution in [0.4, 0.5) is 0 Å². The van der Waals surface area contributed by atoms with Crippen LogP contribution in [0, 0.1) is 6.92 Å². The Balaban J connectivity index is 1.67. The molecule has 0 bridgehead atoms. The molecular formula is C24H25N5O2. The number of rotatable bonds is 7. The lowest BCUT2D eigenvalue weighted by molar-refractivity contribution is 0.433. The molecule has 31 heavy (non-hydrogen) atoms. The predicted octanol–water partition coefficient (Wildman–Crippen LogP) is 4.07. The van der Waals surface area contributed by atoms with Gasteiger partial charge in [0.15, 0.2) is 5.76 Å². The summed E-state index contributed by atoms with van der Waals surface area (Å²) in [6.45, 7) is 5.41. The zero-order chi connectivity index (χ0) is 21.8. The maximum absolute atomic E-state index is 12.0. The first kappa shape index (κ1) is 20.7. The largest absolute Gasteiger partial charge is 0.354 e. The molecule has 4 aromatic rings. The van der Waals surface area contributed by atoms with Crippen LogP contribution in [0.2, 0.25) is 0 Å². The first-order valence-electron chi connectivity index (χ1n) is 10.3. The Morgan fingerprint density at radius 2 is 1.84 bits per heavy atom. The van der Waals surface area contributed by atoms with Gasteiger partial charge in [0.1, 0.15) is 11.4 Å². The molecule has 0 spiro atoms. The lowest BCUT2D eigenvalue weighted by Gasteiger charge is -2.08. The molecule has 0 saturated heterocycles. The molecule has 3 heterocycles. The number of nitrogens with one attached hydrogen (secondary N) is 1. The number of benzene rings is 1. The Morgan fingerprint density at radius 1 is 1.06 bits per heavy atom. The van der Waals surface area contributed by atoms with Gasteiger partial charge in [-0.25, -0.2) is 4.98 Å². The van der Waals surface area contributed by atoms with Gasteiger partial charge in [-0.2, -0.15) is 0 Å². The fraction of sp³-hybridized carbons (Fsp3) is 0.250. The Hall–Kier alpha value is -3.58. The first-order chi connectivity index (χ1) is 15.1. The van der Waals surface area contributed by atoms with Crippen LogP contribution in [-0.4, -0.2) is 26.7 Å². The van der Waals surface area contributed by atoms with E-state index >= 15 is 0 Å². The second kappa shape index (κ2) is 9.06.